The summed E-state index contributed by atoms with van der Waals surface area (Å²) in [5, 5.41) is 0. The maximum Gasteiger partial charge on any atom is 0.417 e. The molecule has 2 aliphatic rings. The van der Waals surface area contributed by atoms with Crippen LogP contribution in [-0.2, 0) is 21.0 Å². The van der Waals surface area contributed by atoms with E-state index in [-0.39, 0.29) is 18.5 Å². The molecule has 30 heavy (non-hydrogen) atoms. The Morgan fingerprint density at radius 2 is 1.67 bits per heavy atom. The van der Waals surface area contributed by atoms with Crippen molar-refractivity contribution in [3.63, 3.8) is 0 Å². The Labute approximate surface area is 172 Å². The number of nitrogens with one attached hydrogen (secondary N) is 1. The second kappa shape index (κ2) is 8.16. The first-order chi connectivity index (χ1) is 13.9. The van der Waals surface area contributed by atoms with Crippen LogP contribution in [0.25, 0.3) is 0 Å². The van der Waals surface area contributed by atoms with Crippen molar-refractivity contribution in [2.75, 3.05) is 33.7 Å². The van der Waals surface area contributed by atoms with Crippen LogP contribution >= 0.6 is 0 Å². The maximum absolute atomic E-state index is 13.2. The number of hydrogen-bond donors (Lipinski definition) is 1. The number of nitrogens with zero attached hydrogens (tertiary/aromatic N) is 3. The number of likely N-dealkylation sites (N-methyl/N-ethyl adjacent to an activating group) is 2. The Kier molecular flexibility index (Phi) is 6.12. The maximum atomic E-state index is 13.2. The smallest absolute Gasteiger partial charge is 0.325 e. The molecular weight excluding hydrogens is 425 g/mol. The van der Waals surface area contributed by atoms with E-state index in [0.29, 0.717) is 25.9 Å². The summed E-state index contributed by atoms with van der Waals surface area (Å²) in [7, 11) is -1.36. The largest absolute Gasteiger partial charge is 0.417 e. The van der Waals surface area contributed by atoms with Gasteiger partial charge in [-0.05, 0) is 25.0 Å². The minimum absolute atomic E-state index is 0.233. The number of hydrogen-bond acceptors (Lipinski definition) is 5. The highest BCUT2D eigenvalue weighted by atomic mass is 32.2. The Morgan fingerprint density at radius 3 is 2.27 bits per heavy atom. The average Bonchev–Trinajstić information content (AvgIpc) is 2.69. The fourth-order valence-corrected chi connectivity index (χ4v) is 5.34. The van der Waals surface area contributed by atoms with Gasteiger partial charge in [0.2, 0.25) is 15.9 Å². The zero-order chi connectivity index (χ0) is 22.3. The minimum atomic E-state index is -4.79. The van der Waals surface area contributed by atoms with Crippen molar-refractivity contribution in [2.24, 2.45) is 0 Å². The number of sulfonamides is 1. The Bertz CT molecular complexity index is 930. The van der Waals surface area contributed by atoms with Crippen molar-refractivity contribution >= 4 is 22.0 Å². The lowest BCUT2D eigenvalue weighted by atomic mass is 10.0. The number of halogens is 3. The number of likely N-dealkylation sites (tertiary alicyclic amines) is 1. The summed E-state index contributed by atoms with van der Waals surface area (Å²) in [6.45, 7) is 0.984. The van der Waals surface area contributed by atoms with Gasteiger partial charge in [0.1, 0.15) is 6.04 Å². The van der Waals surface area contributed by atoms with Crippen LogP contribution in [0.4, 0.5) is 18.0 Å². The van der Waals surface area contributed by atoms with Crippen LogP contribution in [0.1, 0.15) is 18.4 Å². The first-order valence-corrected chi connectivity index (χ1v) is 10.9. The molecule has 1 N–H and O–H groups in total. The summed E-state index contributed by atoms with van der Waals surface area (Å²) in [4.78, 5) is 27.8. The number of imide groups is 1. The van der Waals surface area contributed by atoms with E-state index in [1.54, 1.807) is 7.05 Å². The molecule has 0 radical (unpaired) electrons. The van der Waals surface area contributed by atoms with E-state index >= 15 is 0 Å². The zero-order valence-electron chi connectivity index (χ0n) is 16.5. The molecular formula is C18H23F3N4O4S. The molecule has 2 aliphatic heterocycles. The molecule has 1 atom stereocenters. The molecule has 0 bridgehead atoms. The molecule has 1 aromatic rings. The van der Waals surface area contributed by atoms with Gasteiger partial charge in [-0.25, -0.2) is 17.9 Å². The summed E-state index contributed by atoms with van der Waals surface area (Å²) >= 11 is 0. The lowest BCUT2D eigenvalue weighted by Crippen LogP contribution is -2.63. The molecule has 2 heterocycles. The van der Waals surface area contributed by atoms with Gasteiger partial charge >= 0.3 is 12.2 Å². The molecule has 0 spiro atoms. The number of carbonyl (C=O) groups is 2. The van der Waals surface area contributed by atoms with Gasteiger partial charge in [-0.3, -0.25) is 14.6 Å². The molecule has 1 aromatic carbocycles. The normalized spacial score (nSPS) is 22.6. The fraction of sp³-hybridized carbons (Fsp3) is 0.556. The molecule has 1 unspecified atom stereocenters. The minimum Gasteiger partial charge on any atom is -0.325 e. The molecule has 0 saturated carbocycles. The Morgan fingerprint density at radius 1 is 1.07 bits per heavy atom. The standard InChI is InChI=1S/C18H23F3N4O4S/c1-23-11-14(16(26)24(2)17(23)27)25-9-7-12(8-10-25)22-30(28,29)15-6-4-3-5-13(15)18(19,20)21/h3-6,12,14,22H,7-11H2,1-2H3. The van der Waals surface area contributed by atoms with Crippen LogP contribution in [-0.4, -0.2) is 80.9 Å². The highest BCUT2D eigenvalue weighted by molar-refractivity contribution is 7.89. The summed E-state index contributed by atoms with van der Waals surface area (Å²) < 4.78 is 67.1. The van der Waals surface area contributed by atoms with E-state index < -0.39 is 38.7 Å². The van der Waals surface area contributed by atoms with Crippen LogP contribution in [0.3, 0.4) is 0 Å². The van der Waals surface area contributed by atoms with Crippen molar-refractivity contribution in [3.8, 4) is 0 Å². The number of amides is 3. The van der Waals surface area contributed by atoms with Gasteiger partial charge in [0.05, 0.1) is 10.5 Å². The first kappa shape index (κ1) is 22.5. The number of urea groups is 1. The number of benzene rings is 1. The zero-order valence-corrected chi connectivity index (χ0v) is 17.3. The monoisotopic (exact) mass is 448 g/mol. The third-order valence-electron chi connectivity index (χ3n) is 5.45. The second-order valence-corrected chi connectivity index (χ2v) is 9.18. The van der Waals surface area contributed by atoms with Gasteiger partial charge in [0.25, 0.3) is 0 Å². The second-order valence-electron chi connectivity index (χ2n) is 7.50. The molecule has 166 valence electrons. The van der Waals surface area contributed by atoms with Gasteiger partial charge < -0.3 is 4.90 Å². The van der Waals surface area contributed by atoms with Crippen molar-refractivity contribution < 1.29 is 31.2 Å². The third-order valence-corrected chi connectivity index (χ3v) is 7.03. The van der Waals surface area contributed by atoms with Crippen molar-refractivity contribution in [3.05, 3.63) is 29.8 Å². The van der Waals surface area contributed by atoms with Gasteiger partial charge in [-0.2, -0.15) is 13.2 Å². The summed E-state index contributed by atoms with van der Waals surface area (Å²) in [5.74, 6) is -0.323. The lowest BCUT2D eigenvalue weighted by Gasteiger charge is -2.42. The fourth-order valence-electron chi connectivity index (χ4n) is 3.81. The van der Waals surface area contributed by atoms with Crippen LogP contribution in [0.2, 0.25) is 0 Å². The lowest BCUT2D eigenvalue weighted by molar-refractivity contribution is -0.140. The molecule has 3 amide bonds. The van der Waals surface area contributed by atoms with E-state index in [0.717, 1.165) is 23.1 Å². The SMILES string of the molecule is CN1CC(N2CCC(NS(=O)(=O)c3ccccc3C(F)(F)F)CC2)C(=O)N(C)C1=O. The highest BCUT2D eigenvalue weighted by Gasteiger charge is 2.41. The van der Waals surface area contributed by atoms with E-state index in [9.17, 15) is 31.2 Å². The van der Waals surface area contributed by atoms with Crippen molar-refractivity contribution in [1.29, 1.82) is 0 Å². The summed E-state index contributed by atoms with van der Waals surface area (Å²) in [6, 6.07) is 2.59. The molecule has 2 saturated heterocycles. The summed E-state index contributed by atoms with van der Waals surface area (Å²) in [5.41, 5.74) is -1.21. The summed E-state index contributed by atoms with van der Waals surface area (Å²) in [6.07, 6.45) is -4.12. The van der Waals surface area contributed by atoms with E-state index in [2.05, 4.69) is 4.72 Å². The van der Waals surface area contributed by atoms with E-state index in [1.165, 1.54) is 18.0 Å². The molecule has 0 aliphatic carbocycles. The Balaban J connectivity index is 1.67. The number of carbonyl (C=O) groups excluding carboxylic acids is 2. The molecule has 8 nitrogen and oxygen atoms in total. The average molecular weight is 448 g/mol. The third kappa shape index (κ3) is 4.44. The van der Waals surface area contributed by atoms with Crippen LogP contribution in [0.15, 0.2) is 29.2 Å². The van der Waals surface area contributed by atoms with Crippen molar-refractivity contribution in [2.45, 2.75) is 36.0 Å². The van der Waals surface area contributed by atoms with E-state index in [4.69, 9.17) is 0 Å². The van der Waals surface area contributed by atoms with Gasteiger partial charge in [-0.1, -0.05) is 12.1 Å². The van der Waals surface area contributed by atoms with Gasteiger partial charge in [0.15, 0.2) is 0 Å². The van der Waals surface area contributed by atoms with Crippen LogP contribution in [0, 0.1) is 0 Å². The highest BCUT2D eigenvalue weighted by Crippen LogP contribution is 2.34. The predicted molar refractivity (Wildman–Crippen MR) is 101 cm³/mol. The number of alkyl halides is 3. The topological polar surface area (TPSA) is 90.0 Å². The molecule has 2 fully saturated rings. The van der Waals surface area contributed by atoms with Crippen molar-refractivity contribution in [1.82, 2.24) is 19.4 Å². The van der Waals surface area contributed by atoms with Gasteiger partial charge in [-0.15, -0.1) is 0 Å². The molecule has 12 heteroatoms. The quantitative estimate of drug-likeness (QED) is 0.751. The first-order valence-electron chi connectivity index (χ1n) is 9.37. The van der Waals surface area contributed by atoms with Crippen LogP contribution < -0.4 is 4.72 Å². The van der Waals surface area contributed by atoms with Gasteiger partial charge in [0, 0.05) is 39.8 Å². The Hall–Kier alpha value is -2.18. The van der Waals surface area contributed by atoms with Crippen LogP contribution in [0.5, 0.6) is 0 Å². The molecule has 3 rings (SSSR count). The number of piperidine rings is 1. The predicted octanol–water partition coefficient (Wildman–Crippen LogP) is 1.34. The number of rotatable bonds is 4. The molecule has 0 aromatic heterocycles. The van der Waals surface area contributed by atoms with E-state index in [1.807, 2.05) is 4.90 Å².